The fraction of sp³-hybridized carbons (Fsp3) is 0.571. The van der Waals surface area contributed by atoms with E-state index >= 15 is 0 Å². The van der Waals surface area contributed by atoms with Crippen molar-refractivity contribution in [1.82, 2.24) is 24.0 Å². The molecule has 0 spiro atoms. The Morgan fingerprint density at radius 2 is 1.84 bits per heavy atom. The number of carbonyl (C=O) groups excluding carboxylic acids is 1. The number of H-pyrrole nitrogens is 1. The summed E-state index contributed by atoms with van der Waals surface area (Å²) in [6.45, 7) is 3.51. The smallest absolute Gasteiger partial charge is 0.243 e. The summed E-state index contributed by atoms with van der Waals surface area (Å²) in [6.07, 6.45) is 5.89. The van der Waals surface area contributed by atoms with Crippen LogP contribution in [0.4, 0.5) is 0 Å². The van der Waals surface area contributed by atoms with Crippen molar-refractivity contribution in [3.63, 3.8) is 0 Å². The van der Waals surface area contributed by atoms with Crippen LogP contribution >= 0.6 is 12.2 Å². The maximum atomic E-state index is 13.2. The van der Waals surface area contributed by atoms with Crippen LogP contribution in [0.25, 0.3) is 0 Å². The summed E-state index contributed by atoms with van der Waals surface area (Å²) < 4.78 is 30.0. The molecule has 31 heavy (non-hydrogen) atoms. The van der Waals surface area contributed by atoms with Crippen molar-refractivity contribution in [3.8, 4) is 0 Å². The molecule has 2 aliphatic rings. The maximum absolute atomic E-state index is 13.2. The molecule has 0 unspecified atom stereocenters. The van der Waals surface area contributed by atoms with Gasteiger partial charge in [0.2, 0.25) is 15.9 Å². The molecule has 2 aromatic rings. The second-order valence-electron chi connectivity index (χ2n) is 8.20. The Bertz CT molecular complexity index is 1110. The molecule has 1 aliphatic heterocycles. The van der Waals surface area contributed by atoms with E-state index in [0.717, 1.165) is 43.5 Å². The lowest BCUT2D eigenvalue weighted by molar-refractivity contribution is -0.133. The van der Waals surface area contributed by atoms with Crippen molar-refractivity contribution in [2.45, 2.75) is 56.9 Å². The number of hydrogen-bond acceptors (Lipinski definition) is 5. The van der Waals surface area contributed by atoms with E-state index in [1.165, 1.54) is 16.3 Å². The zero-order valence-corrected chi connectivity index (χ0v) is 19.5. The molecule has 0 saturated carbocycles. The van der Waals surface area contributed by atoms with Crippen molar-refractivity contribution >= 4 is 28.1 Å². The van der Waals surface area contributed by atoms with E-state index in [-0.39, 0.29) is 12.5 Å². The molecule has 1 amide bonds. The Hall–Kier alpha value is -2.04. The number of aromatic amines is 1. The van der Waals surface area contributed by atoms with Gasteiger partial charge in [0.15, 0.2) is 4.77 Å². The Labute approximate surface area is 188 Å². The Morgan fingerprint density at radius 1 is 1.13 bits per heavy atom. The van der Waals surface area contributed by atoms with Gasteiger partial charge in [-0.15, -0.1) is 0 Å². The molecule has 10 heteroatoms. The Morgan fingerprint density at radius 3 is 2.55 bits per heavy atom. The molecular formula is C21H29N5O3S2. The third-order valence-electron chi connectivity index (χ3n) is 6.15. The van der Waals surface area contributed by atoms with Gasteiger partial charge < -0.3 is 4.90 Å². The molecule has 0 bridgehead atoms. The number of fused-ring (bicyclic) bond motifs is 1. The predicted octanol–water partition coefficient (Wildman–Crippen LogP) is 2.31. The molecule has 8 nitrogen and oxygen atoms in total. The van der Waals surface area contributed by atoms with E-state index in [1.54, 1.807) is 15.5 Å². The van der Waals surface area contributed by atoms with Crippen LogP contribution in [-0.4, -0.2) is 64.5 Å². The number of nitrogens with one attached hydrogen (secondary N) is 1. The third kappa shape index (κ3) is 4.61. The van der Waals surface area contributed by atoms with E-state index in [1.807, 2.05) is 19.1 Å². The highest BCUT2D eigenvalue weighted by Crippen LogP contribution is 2.26. The number of sulfonamides is 1. The number of benzene rings is 1. The standard InChI is InChI=1S/C21H29N5O3S2/c1-2-5-19-22-23-21(30)26(19)15-20(27)24-10-12-25(13-11-24)31(28,29)18-9-8-16-6-3-4-7-17(16)14-18/h8-9,14H,2-7,10-13,15H2,1H3,(H,23,30). The summed E-state index contributed by atoms with van der Waals surface area (Å²) >= 11 is 5.26. The molecule has 0 radical (unpaired) electrons. The van der Waals surface area contributed by atoms with Crippen LogP contribution in [0.15, 0.2) is 23.1 Å². The van der Waals surface area contributed by atoms with E-state index in [9.17, 15) is 13.2 Å². The SMILES string of the molecule is CCCc1n[nH]c(=S)n1CC(=O)N1CCN(S(=O)(=O)c2ccc3c(c2)CCCC3)CC1. The summed E-state index contributed by atoms with van der Waals surface area (Å²) in [4.78, 5) is 14.9. The van der Waals surface area contributed by atoms with Gasteiger partial charge in [-0.25, -0.2) is 8.42 Å². The lowest BCUT2D eigenvalue weighted by Gasteiger charge is -2.34. The van der Waals surface area contributed by atoms with Crippen LogP contribution in [0.1, 0.15) is 43.1 Å². The van der Waals surface area contributed by atoms with Gasteiger partial charge in [-0.1, -0.05) is 13.0 Å². The average molecular weight is 464 g/mol. The van der Waals surface area contributed by atoms with Gasteiger partial charge in [-0.05, 0) is 67.6 Å². The molecule has 168 valence electrons. The topological polar surface area (TPSA) is 91.3 Å². The zero-order valence-electron chi connectivity index (χ0n) is 17.8. The van der Waals surface area contributed by atoms with Crippen LogP contribution < -0.4 is 0 Å². The van der Waals surface area contributed by atoms with Gasteiger partial charge in [0, 0.05) is 32.6 Å². The number of carbonyl (C=O) groups is 1. The number of aromatic nitrogens is 3. The van der Waals surface area contributed by atoms with Gasteiger partial charge >= 0.3 is 0 Å². The van der Waals surface area contributed by atoms with Crippen molar-refractivity contribution in [1.29, 1.82) is 0 Å². The van der Waals surface area contributed by atoms with Crippen LogP contribution in [-0.2, 0) is 40.6 Å². The third-order valence-corrected chi connectivity index (χ3v) is 8.36. The largest absolute Gasteiger partial charge is 0.338 e. The maximum Gasteiger partial charge on any atom is 0.243 e. The number of hydrogen-bond donors (Lipinski definition) is 1. The minimum atomic E-state index is -3.56. The first-order valence-corrected chi connectivity index (χ1v) is 12.8. The van der Waals surface area contributed by atoms with Crippen molar-refractivity contribution in [2.24, 2.45) is 0 Å². The molecular weight excluding hydrogens is 434 g/mol. The molecule has 1 aliphatic carbocycles. The second kappa shape index (κ2) is 9.22. The normalized spacial score (nSPS) is 17.5. The monoisotopic (exact) mass is 463 g/mol. The first kappa shape index (κ1) is 22.2. The number of aryl methyl sites for hydroxylation is 3. The first-order valence-electron chi connectivity index (χ1n) is 10.9. The highest BCUT2D eigenvalue weighted by Gasteiger charge is 2.31. The van der Waals surface area contributed by atoms with Gasteiger partial charge in [0.25, 0.3) is 0 Å². The van der Waals surface area contributed by atoms with Gasteiger partial charge in [0.05, 0.1) is 4.90 Å². The number of piperazine rings is 1. The zero-order chi connectivity index (χ0) is 22.0. The van der Waals surface area contributed by atoms with E-state index in [2.05, 4.69) is 10.2 Å². The minimum absolute atomic E-state index is 0.0688. The quantitative estimate of drug-likeness (QED) is 0.664. The fourth-order valence-electron chi connectivity index (χ4n) is 4.36. The van der Waals surface area contributed by atoms with Gasteiger partial charge in [-0.2, -0.15) is 9.40 Å². The van der Waals surface area contributed by atoms with Crippen molar-refractivity contribution < 1.29 is 13.2 Å². The van der Waals surface area contributed by atoms with Crippen LogP contribution in [0.2, 0.25) is 0 Å². The lowest BCUT2D eigenvalue weighted by Crippen LogP contribution is -2.51. The lowest BCUT2D eigenvalue weighted by atomic mass is 9.92. The van der Waals surface area contributed by atoms with Crippen molar-refractivity contribution in [2.75, 3.05) is 26.2 Å². The first-order chi connectivity index (χ1) is 14.9. The highest BCUT2D eigenvalue weighted by atomic mass is 32.2. The highest BCUT2D eigenvalue weighted by molar-refractivity contribution is 7.89. The Balaban J connectivity index is 1.41. The number of amides is 1. The van der Waals surface area contributed by atoms with E-state index < -0.39 is 10.0 Å². The van der Waals surface area contributed by atoms with Crippen molar-refractivity contribution in [3.05, 3.63) is 39.9 Å². The van der Waals surface area contributed by atoms with Crippen LogP contribution in [0.5, 0.6) is 0 Å². The number of nitrogens with zero attached hydrogens (tertiary/aromatic N) is 4. The van der Waals surface area contributed by atoms with E-state index in [4.69, 9.17) is 12.2 Å². The summed E-state index contributed by atoms with van der Waals surface area (Å²) in [7, 11) is -3.56. The van der Waals surface area contributed by atoms with Crippen LogP contribution in [0, 0.1) is 4.77 Å². The van der Waals surface area contributed by atoms with Gasteiger partial charge in [0.1, 0.15) is 12.4 Å². The summed E-state index contributed by atoms with van der Waals surface area (Å²) in [5.74, 6) is 0.704. The minimum Gasteiger partial charge on any atom is -0.338 e. The molecule has 1 aromatic carbocycles. The Kier molecular flexibility index (Phi) is 6.59. The average Bonchev–Trinajstić information content (AvgIpc) is 3.13. The fourth-order valence-corrected chi connectivity index (χ4v) is 6.05. The summed E-state index contributed by atoms with van der Waals surface area (Å²) in [6, 6.07) is 5.54. The summed E-state index contributed by atoms with van der Waals surface area (Å²) in [5, 5.41) is 6.95. The molecule has 1 fully saturated rings. The number of rotatable bonds is 6. The molecule has 0 atom stereocenters. The summed E-state index contributed by atoms with van der Waals surface area (Å²) in [5.41, 5.74) is 2.42. The molecule has 1 saturated heterocycles. The predicted molar refractivity (Wildman–Crippen MR) is 120 cm³/mol. The second-order valence-corrected chi connectivity index (χ2v) is 10.5. The van der Waals surface area contributed by atoms with Crippen LogP contribution in [0.3, 0.4) is 0 Å². The molecule has 4 rings (SSSR count). The molecule has 1 N–H and O–H groups in total. The van der Waals surface area contributed by atoms with Gasteiger partial charge in [-0.3, -0.25) is 14.5 Å². The molecule has 1 aromatic heterocycles. The van der Waals surface area contributed by atoms with E-state index in [0.29, 0.717) is 35.8 Å². The molecule has 2 heterocycles.